The van der Waals surface area contributed by atoms with Gasteiger partial charge in [0, 0.05) is 24.7 Å². The van der Waals surface area contributed by atoms with Gasteiger partial charge in [0.05, 0.1) is 15.5 Å². The summed E-state index contributed by atoms with van der Waals surface area (Å²) in [4.78, 5) is 1.98. The minimum atomic E-state index is -3.56. The van der Waals surface area contributed by atoms with Crippen LogP contribution in [0.15, 0.2) is 52.3 Å². The molecule has 0 spiro atoms. The van der Waals surface area contributed by atoms with Crippen molar-refractivity contribution in [2.24, 2.45) is 0 Å². The zero-order valence-corrected chi connectivity index (χ0v) is 14.5. The Morgan fingerprint density at radius 2 is 1.57 bits per heavy atom. The Kier molecular flexibility index (Phi) is 3.72. The van der Waals surface area contributed by atoms with Gasteiger partial charge in [-0.05, 0) is 36.2 Å². The van der Waals surface area contributed by atoms with Gasteiger partial charge >= 0.3 is 0 Å². The lowest BCUT2D eigenvalue weighted by molar-refractivity contribution is 0.600. The molecular weight excluding hydrogens is 334 g/mol. The fourth-order valence-corrected chi connectivity index (χ4v) is 4.45. The normalized spacial score (nSPS) is 14.8. The first-order valence-electron chi connectivity index (χ1n) is 7.07. The van der Waals surface area contributed by atoms with E-state index in [9.17, 15) is 16.8 Å². The number of sulfone groups is 2. The maximum atomic E-state index is 12.2. The van der Waals surface area contributed by atoms with Crippen molar-refractivity contribution in [2.75, 3.05) is 24.0 Å². The lowest BCUT2D eigenvalue weighted by atomic mass is 10.2. The molecule has 0 atom stereocenters. The predicted molar refractivity (Wildman–Crippen MR) is 89.8 cm³/mol. The van der Waals surface area contributed by atoms with Crippen LogP contribution in [0.2, 0.25) is 0 Å². The second-order valence-corrected chi connectivity index (χ2v) is 9.70. The molecule has 0 fully saturated rings. The summed E-state index contributed by atoms with van der Waals surface area (Å²) in [5, 5.41) is 0. The monoisotopic (exact) mass is 351 g/mol. The highest BCUT2D eigenvalue weighted by atomic mass is 32.2. The zero-order valence-electron chi connectivity index (χ0n) is 12.9. The molecule has 2 aromatic rings. The minimum absolute atomic E-state index is 0.00848. The summed E-state index contributed by atoms with van der Waals surface area (Å²) >= 11 is 0. The van der Waals surface area contributed by atoms with E-state index in [1.807, 2.05) is 29.2 Å². The summed E-state index contributed by atoms with van der Waals surface area (Å²) in [5.74, 6) is 0. The fraction of sp³-hybridized carbons (Fsp3) is 0.250. The SMILES string of the molecule is CS(=O)(=O)c1ccc(N2CCc3ccccc32)c(S(C)(=O)=O)c1. The van der Waals surface area contributed by atoms with E-state index < -0.39 is 19.7 Å². The van der Waals surface area contributed by atoms with E-state index in [0.29, 0.717) is 12.2 Å². The molecule has 0 aliphatic carbocycles. The van der Waals surface area contributed by atoms with Crippen molar-refractivity contribution in [3.63, 3.8) is 0 Å². The van der Waals surface area contributed by atoms with Crippen LogP contribution >= 0.6 is 0 Å². The molecule has 1 aliphatic heterocycles. The van der Waals surface area contributed by atoms with E-state index in [-0.39, 0.29) is 9.79 Å². The first kappa shape index (κ1) is 16.0. The maximum Gasteiger partial charge on any atom is 0.177 e. The Morgan fingerprint density at radius 3 is 2.22 bits per heavy atom. The predicted octanol–water partition coefficient (Wildman–Crippen LogP) is 2.19. The van der Waals surface area contributed by atoms with Gasteiger partial charge in [-0.2, -0.15) is 0 Å². The Morgan fingerprint density at radius 1 is 0.870 bits per heavy atom. The molecule has 0 saturated carbocycles. The number of anilines is 2. The lowest BCUT2D eigenvalue weighted by Crippen LogP contribution is -2.17. The molecular formula is C16H17NO4S2. The third kappa shape index (κ3) is 2.98. The molecule has 0 radical (unpaired) electrons. The third-order valence-corrected chi connectivity index (χ3v) is 6.17. The smallest absolute Gasteiger partial charge is 0.177 e. The van der Waals surface area contributed by atoms with E-state index in [0.717, 1.165) is 30.2 Å². The van der Waals surface area contributed by atoms with Gasteiger partial charge in [-0.3, -0.25) is 0 Å². The van der Waals surface area contributed by atoms with E-state index in [2.05, 4.69) is 0 Å². The summed E-state index contributed by atoms with van der Waals surface area (Å²) < 4.78 is 47.8. The zero-order chi connectivity index (χ0) is 16.8. The molecule has 5 nitrogen and oxygen atoms in total. The van der Waals surface area contributed by atoms with Gasteiger partial charge < -0.3 is 4.90 Å². The standard InChI is InChI=1S/C16H17NO4S2/c1-22(18,19)13-7-8-15(16(11-13)23(2,20)21)17-10-9-12-5-3-4-6-14(12)17/h3-8,11H,9-10H2,1-2H3. The number of hydrogen-bond donors (Lipinski definition) is 0. The van der Waals surface area contributed by atoms with Gasteiger partial charge in [-0.15, -0.1) is 0 Å². The van der Waals surface area contributed by atoms with Crippen molar-refractivity contribution < 1.29 is 16.8 Å². The van der Waals surface area contributed by atoms with Crippen molar-refractivity contribution >= 4 is 31.0 Å². The molecule has 3 rings (SSSR count). The van der Waals surface area contributed by atoms with E-state index in [1.54, 1.807) is 6.07 Å². The number of para-hydroxylation sites is 1. The van der Waals surface area contributed by atoms with Crippen LogP contribution in [0, 0.1) is 0 Å². The first-order valence-corrected chi connectivity index (χ1v) is 10.9. The Labute approximate surface area is 136 Å². The highest BCUT2D eigenvalue weighted by Crippen LogP contribution is 2.38. The van der Waals surface area contributed by atoms with Crippen molar-refractivity contribution in [3.05, 3.63) is 48.0 Å². The number of fused-ring (bicyclic) bond motifs is 1. The van der Waals surface area contributed by atoms with Crippen LogP contribution in [0.4, 0.5) is 11.4 Å². The fourth-order valence-electron chi connectivity index (χ4n) is 2.83. The molecule has 0 amide bonds. The summed E-state index contributed by atoms with van der Waals surface area (Å²) in [7, 11) is -7.03. The summed E-state index contributed by atoms with van der Waals surface area (Å²) in [6.07, 6.45) is 2.99. The average Bonchev–Trinajstić information content (AvgIpc) is 2.88. The van der Waals surface area contributed by atoms with Gasteiger partial charge in [0.1, 0.15) is 0 Å². The van der Waals surface area contributed by atoms with Crippen molar-refractivity contribution in [2.45, 2.75) is 16.2 Å². The van der Waals surface area contributed by atoms with Gasteiger partial charge in [0.15, 0.2) is 19.7 Å². The molecule has 122 valence electrons. The highest BCUT2D eigenvalue weighted by Gasteiger charge is 2.26. The van der Waals surface area contributed by atoms with E-state index in [4.69, 9.17) is 0 Å². The maximum absolute atomic E-state index is 12.2. The van der Waals surface area contributed by atoms with Crippen molar-refractivity contribution in [1.82, 2.24) is 0 Å². The molecule has 1 heterocycles. The van der Waals surface area contributed by atoms with Crippen LogP contribution in [-0.4, -0.2) is 35.9 Å². The third-order valence-electron chi connectivity index (χ3n) is 3.94. The van der Waals surface area contributed by atoms with Gasteiger partial charge in [0.25, 0.3) is 0 Å². The number of benzene rings is 2. The quantitative estimate of drug-likeness (QED) is 0.848. The Balaban J connectivity index is 2.22. The van der Waals surface area contributed by atoms with Crippen LogP contribution in [-0.2, 0) is 26.1 Å². The van der Waals surface area contributed by atoms with Gasteiger partial charge in [-0.1, -0.05) is 18.2 Å². The Bertz CT molecular complexity index is 979. The molecule has 0 unspecified atom stereocenters. The molecule has 0 N–H and O–H groups in total. The average molecular weight is 351 g/mol. The number of nitrogens with zero attached hydrogens (tertiary/aromatic N) is 1. The molecule has 7 heteroatoms. The minimum Gasteiger partial charge on any atom is -0.340 e. The second-order valence-electron chi connectivity index (χ2n) is 5.70. The Hall–Kier alpha value is -1.86. The summed E-state index contributed by atoms with van der Waals surface area (Å²) in [6.45, 7) is 0.667. The molecule has 2 aromatic carbocycles. The highest BCUT2D eigenvalue weighted by molar-refractivity contribution is 7.91. The van der Waals surface area contributed by atoms with Gasteiger partial charge in [-0.25, -0.2) is 16.8 Å². The molecule has 23 heavy (non-hydrogen) atoms. The summed E-state index contributed by atoms with van der Waals surface area (Å²) in [6, 6.07) is 12.1. The van der Waals surface area contributed by atoms with Gasteiger partial charge in [0.2, 0.25) is 0 Å². The molecule has 0 bridgehead atoms. The van der Waals surface area contributed by atoms with Crippen LogP contribution in [0.3, 0.4) is 0 Å². The van der Waals surface area contributed by atoms with E-state index in [1.165, 1.54) is 12.1 Å². The van der Waals surface area contributed by atoms with Crippen LogP contribution in [0.1, 0.15) is 5.56 Å². The van der Waals surface area contributed by atoms with E-state index >= 15 is 0 Å². The number of rotatable bonds is 3. The molecule has 0 aromatic heterocycles. The van der Waals surface area contributed by atoms with Crippen LogP contribution < -0.4 is 4.90 Å². The van der Waals surface area contributed by atoms with Crippen molar-refractivity contribution in [1.29, 1.82) is 0 Å². The van der Waals surface area contributed by atoms with Crippen LogP contribution in [0.25, 0.3) is 0 Å². The summed E-state index contributed by atoms with van der Waals surface area (Å²) in [5.41, 5.74) is 2.63. The topological polar surface area (TPSA) is 71.5 Å². The largest absolute Gasteiger partial charge is 0.340 e. The second kappa shape index (κ2) is 5.35. The first-order chi connectivity index (χ1) is 10.7. The molecule has 1 aliphatic rings. The number of hydrogen-bond acceptors (Lipinski definition) is 5. The van der Waals surface area contributed by atoms with Crippen LogP contribution in [0.5, 0.6) is 0 Å². The lowest BCUT2D eigenvalue weighted by Gasteiger charge is -2.22. The van der Waals surface area contributed by atoms with Crippen molar-refractivity contribution in [3.8, 4) is 0 Å². The molecule has 0 saturated heterocycles.